The summed E-state index contributed by atoms with van der Waals surface area (Å²) in [6.07, 6.45) is 4.34. The Bertz CT molecular complexity index is 948. The normalized spacial score (nSPS) is 19.8. The van der Waals surface area contributed by atoms with Gasteiger partial charge in [-0.1, -0.05) is 36.6 Å². The minimum atomic E-state index is -4.43. The standard InChI is InChI=1S/C22H23F3N4O/c23-22(24,25)17-8-6-16(7-9-17)20(30)12-18(15-4-2-1-3-5-15)19-13-29(28-27-19)21(14-26)10-11-21/h6-9,13,15,18H,1-5,10-12H2/t18-/m0/s1. The number of hydrogen-bond donors (Lipinski definition) is 0. The van der Waals surface area contributed by atoms with Gasteiger partial charge in [-0.25, -0.2) is 4.68 Å². The molecule has 1 aromatic carbocycles. The molecule has 0 bridgehead atoms. The second-order valence-electron chi connectivity index (χ2n) is 8.44. The lowest BCUT2D eigenvalue weighted by molar-refractivity contribution is -0.137. The maximum atomic E-state index is 12.9. The Morgan fingerprint density at radius 2 is 1.87 bits per heavy atom. The van der Waals surface area contributed by atoms with E-state index in [1.165, 1.54) is 18.6 Å². The van der Waals surface area contributed by atoms with Crippen LogP contribution in [0.15, 0.2) is 30.5 Å². The van der Waals surface area contributed by atoms with Crippen molar-refractivity contribution in [3.8, 4) is 6.07 Å². The molecule has 0 spiro atoms. The van der Waals surface area contributed by atoms with Gasteiger partial charge in [0, 0.05) is 17.9 Å². The molecule has 4 rings (SSSR count). The van der Waals surface area contributed by atoms with Gasteiger partial charge in [0.2, 0.25) is 0 Å². The monoisotopic (exact) mass is 416 g/mol. The average Bonchev–Trinajstić information content (AvgIpc) is 3.40. The molecule has 0 amide bonds. The summed E-state index contributed by atoms with van der Waals surface area (Å²) < 4.78 is 40.0. The molecular formula is C22H23F3N4O. The molecule has 1 aromatic heterocycles. The molecule has 1 atom stereocenters. The second kappa shape index (κ2) is 7.86. The molecule has 5 nitrogen and oxygen atoms in total. The van der Waals surface area contributed by atoms with E-state index in [-0.39, 0.29) is 29.6 Å². The number of nitriles is 1. The summed E-state index contributed by atoms with van der Waals surface area (Å²) in [6.45, 7) is 0. The van der Waals surface area contributed by atoms with E-state index >= 15 is 0 Å². The fourth-order valence-electron chi connectivity index (χ4n) is 4.38. The highest BCUT2D eigenvalue weighted by atomic mass is 19.4. The first-order chi connectivity index (χ1) is 14.3. The third-order valence-corrected chi connectivity index (χ3v) is 6.42. The van der Waals surface area contributed by atoms with Gasteiger partial charge in [-0.3, -0.25) is 4.79 Å². The molecule has 0 radical (unpaired) electrons. The summed E-state index contributed by atoms with van der Waals surface area (Å²) in [5, 5.41) is 17.9. The number of carbonyl (C=O) groups is 1. The van der Waals surface area contributed by atoms with E-state index in [4.69, 9.17) is 0 Å². The first-order valence-electron chi connectivity index (χ1n) is 10.4. The van der Waals surface area contributed by atoms with Crippen molar-refractivity contribution < 1.29 is 18.0 Å². The van der Waals surface area contributed by atoms with Gasteiger partial charge in [0.25, 0.3) is 0 Å². The number of carbonyl (C=O) groups excluding carboxylic acids is 1. The minimum Gasteiger partial charge on any atom is -0.294 e. The molecule has 1 heterocycles. The predicted octanol–water partition coefficient (Wildman–Crippen LogP) is 5.25. The van der Waals surface area contributed by atoms with Crippen LogP contribution < -0.4 is 0 Å². The van der Waals surface area contributed by atoms with E-state index in [9.17, 15) is 23.2 Å². The van der Waals surface area contributed by atoms with Crippen molar-refractivity contribution in [3.63, 3.8) is 0 Å². The van der Waals surface area contributed by atoms with Crippen molar-refractivity contribution in [1.29, 1.82) is 5.26 Å². The van der Waals surface area contributed by atoms with Crippen molar-refractivity contribution in [2.75, 3.05) is 0 Å². The summed E-state index contributed by atoms with van der Waals surface area (Å²) in [4.78, 5) is 12.9. The van der Waals surface area contributed by atoms with Crippen molar-refractivity contribution in [2.24, 2.45) is 5.92 Å². The Morgan fingerprint density at radius 1 is 1.20 bits per heavy atom. The van der Waals surface area contributed by atoms with Crippen molar-refractivity contribution in [3.05, 3.63) is 47.3 Å². The van der Waals surface area contributed by atoms with Crippen molar-refractivity contribution >= 4 is 5.78 Å². The van der Waals surface area contributed by atoms with Crippen LogP contribution in [0.2, 0.25) is 0 Å². The van der Waals surface area contributed by atoms with E-state index < -0.39 is 17.3 Å². The largest absolute Gasteiger partial charge is 0.416 e. The molecule has 2 aromatic rings. The predicted molar refractivity (Wildman–Crippen MR) is 103 cm³/mol. The van der Waals surface area contributed by atoms with Crippen LogP contribution in [0, 0.1) is 17.2 Å². The number of ketones is 1. The molecule has 0 aliphatic heterocycles. The highest BCUT2D eigenvalue weighted by Crippen LogP contribution is 2.44. The molecule has 158 valence electrons. The van der Waals surface area contributed by atoms with E-state index in [0.29, 0.717) is 5.69 Å². The number of hydrogen-bond acceptors (Lipinski definition) is 4. The van der Waals surface area contributed by atoms with Gasteiger partial charge in [0.05, 0.1) is 23.5 Å². The zero-order valence-corrected chi connectivity index (χ0v) is 16.5. The van der Waals surface area contributed by atoms with E-state index in [0.717, 1.165) is 50.7 Å². The molecule has 8 heteroatoms. The molecule has 0 saturated heterocycles. The number of halogens is 3. The van der Waals surface area contributed by atoms with Crippen molar-refractivity contribution in [1.82, 2.24) is 15.0 Å². The summed E-state index contributed by atoms with van der Waals surface area (Å²) >= 11 is 0. The molecule has 0 N–H and O–H groups in total. The Morgan fingerprint density at radius 3 is 2.43 bits per heavy atom. The van der Waals surface area contributed by atoms with E-state index in [1.807, 2.05) is 0 Å². The molecule has 2 saturated carbocycles. The quantitative estimate of drug-likeness (QED) is 0.603. The van der Waals surface area contributed by atoms with Gasteiger partial charge in [-0.05, 0) is 43.7 Å². The van der Waals surface area contributed by atoms with Crippen LogP contribution in [-0.4, -0.2) is 20.8 Å². The van der Waals surface area contributed by atoms with Crippen LogP contribution in [0.1, 0.15) is 78.9 Å². The topological polar surface area (TPSA) is 71.6 Å². The molecule has 2 aliphatic carbocycles. The Balaban J connectivity index is 1.56. The van der Waals surface area contributed by atoms with Gasteiger partial charge < -0.3 is 0 Å². The third-order valence-electron chi connectivity index (χ3n) is 6.42. The van der Waals surface area contributed by atoms with Gasteiger partial charge in [-0.2, -0.15) is 18.4 Å². The SMILES string of the molecule is N#CC1(n2cc([C@@H](CC(=O)c3ccc(C(F)(F)F)cc3)C3CCCCC3)nn2)CC1. The Hall–Kier alpha value is -2.69. The highest BCUT2D eigenvalue weighted by Gasteiger charge is 2.47. The average molecular weight is 416 g/mol. The van der Waals surface area contributed by atoms with Gasteiger partial charge >= 0.3 is 6.18 Å². The van der Waals surface area contributed by atoms with Gasteiger partial charge in [-0.15, -0.1) is 5.10 Å². The van der Waals surface area contributed by atoms with Gasteiger partial charge in [0.1, 0.15) is 0 Å². The van der Waals surface area contributed by atoms with Crippen LogP contribution in [0.25, 0.3) is 0 Å². The maximum absolute atomic E-state index is 12.9. The third kappa shape index (κ3) is 4.11. The van der Waals surface area contributed by atoms with E-state index in [1.54, 1.807) is 10.9 Å². The first kappa shape index (κ1) is 20.6. The fourth-order valence-corrected chi connectivity index (χ4v) is 4.38. The summed E-state index contributed by atoms with van der Waals surface area (Å²) in [6, 6.07) is 6.67. The lowest BCUT2D eigenvalue weighted by Crippen LogP contribution is -2.20. The van der Waals surface area contributed by atoms with Crippen molar-refractivity contribution in [2.45, 2.75) is 69.0 Å². The zero-order valence-electron chi connectivity index (χ0n) is 16.5. The lowest BCUT2D eigenvalue weighted by atomic mass is 9.76. The number of Topliss-reactive ketones (excluding diaryl/α,β-unsaturated/α-hetero) is 1. The zero-order chi connectivity index (χ0) is 21.4. The van der Waals surface area contributed by atoms with Crippen LogP contribution in [0.3, 0.4) is 0 Å². The van der Waals surface area contributed by atoms with Crippen LogP contribution >= 0.6 is 0 Å². The smallest absolute Gasteiger partial charge is 0.294 e. The molecule has 2 aliphatic rings. The van der Waals surface area contributed by atoms with Crippen LogP contribution in [0.4, 0.5) is 13.2 Å². The summed E-state index contributed by atoms with van der Waals surface area (Å²) in [5.41, 5.74) is -0.410. The minimum absolute atomic E-state index is 0.150. The summed E-state index contributed by atoms with van der Waals surface area (Å²) in [5.74, 6) is -0.0712. The number of rotatable bonds is 6. The molecule has 0 unspecified atom stereocenters. The molecule has 2 fully saturated rings. The van der Waals surface area contributed by atoms with Crippen LogP contribution in [-0.2, 0) is 11.7 Å². The highest BCUT2D eigenvalue weighted by molar-refractivity contribution is 5.96. The summed E-state index contributed by atoms with van der Waals surface area (Å²) in [7, 11) is 0. The number of nitrogens with zero attached hydrogens (tertiary/aromatic N) is 4. The second-order valence-corrected chi connectivity index (χ2v) is 8.44. The first-order valence-corrected chi connectivity index (χ1v) is 10.4. The van der Waals surface area contributed by atoms with E-state index in [2.05, 4.69) is 16.4 Å². The number of alkyl halides is 3. The molecular weight excluding hydrogens is 393 g/mol. The van der Waals surface area contributed by atoms with Gasteiger partial charge in [0.15, 0.2) is 11.3 Å². The fraction of sp³-hybridized carbons (Fsp3) is 0.545. The maximum Gasteiger partial charge on any atom is 0.416 e. The number of benzene rings is 1. The van der Waals surface area contributed by atoms with Crippen LogP contribution in [0.5, 0.6) is 0 Å². The molecule has 30 heavy (non-hydrogen) atoms. The number of aromatic nitrogens is 3. The lowest BCUT2D eigenvalue weighted by Gasteiger charge is -2.28. The Kier molecular flexibility index (Phi) is 5.39. The Labute approximate surface area is 172 Å².